The standard InChI is InChI=1S/C27H24N4O2/c32-26-15-7-5-13-24(26)30-18-28(20-9-1-3-11-22(20)30)17-29-19-31(23-12-4-2-10-21(23)29)25-14-6-8-16-27(25)33/h1-16,32-33H,17-19H2. The van der Waals surface area contributed by atoms with Crippen molar-refractivity contribution < 1.29 is 10.2 Å². The Kier molecular flexibility index (Phi) is 4.50. The van der Waals surface area contributed by atoms with Gasteiger partial charge in [0.05, 0.1) is 54.1 Å². The Balaban J connectivity index is 1.34. The smallest absolute Gasteiger partial charge is 0.139 e. The van der Waals surface area contributed by atoms with Gasteiger partial charge in [0.15, 0.2) is 0 Å². The van der Waals surface area contributed by atoms with Gasteiger partial charge in [0.25, 0.3) is 0 Å². The van der Waals surface area contributed by atoms with Crippen molar-refractivity contribution in [3.05, 3.63) is 97.1 Å². The van der Waals surface area contributed by atoms with Crippen LogP contribution in [0.1, 0.15) is 0 Å². The fraction of sp³-hybridized carbons (Fsp3) is 0.111. The highest BCUT2D eigenvalue weighted by Crippen LogP contribution is 2.46. The lowest BCUT2D eigenvalue weighted by Crippen LogP contribution is -2.40. The summed E-state index contributed by atoms with van der Waals surface area (Å²) < 4.78 is 0. The zero-order valence-corrected chi connectivity index (χ0v) is 18.0. The Hall–Kier alpha value is -4.32. The number of phenolic OH excluding ortho intramolecular Hbond substituents is 2. The first kappa shape index (κ1) is 19.4. The van der Waals surface area contributed by atoms with Gasteiger partial charge in [0.1, 0.15) is 11.5 Å². The van der Waals surface area contributed by atoms with Crippen molar-refractivity contribution in [2.75, 3.05) is 39.6 Å². The molecule has 6 rings (SSSR count). The van der Waals surface area contributed by atoms with E-state index in [0.29, 0.717) is 20.0 Å². The zero-order chi connectivity index (χ0) is 22.4. The molecule has 0 unspecified atom stereocenters. The van der Waals surface area contributed by atoms with E-state index in [9.17, 15) is 10.2 Å². The first-order chi connectivity index (χ1) is 16.2. The molecule has 2 heterocycles. The molecule has 6 nitrogen and oxygen atoms in total. The molecule has 164 valence electrons. The van der Waals surface area contributed by atoms with Crippen LogP contribution in [0.4, 0.5) is 34.1 Å². The molecule has 4 aromatic carbocycles. The molecule has 0 radical (unpaired) electrons. The Morgan fingerprint density at radius 1 is 0.455 bits per heavy atom. The summed E-state index contributed by atoms with van der Waals surface area (Å²) in [6.07, 6.45) is 0. The van der Waals surface area contributed by atoms with Gasteiger partial charge in [0.2, 0.25) is 0 Å². The molecule has 0 amide bonds. The number of hydrogen-bond donors (Lipinski definition) is 2. The number of nitrogens with zero attached hydrogens (tertiary/aromatic N) is 4. The molecule has 2 aliphatic rings. The number of benzene rings is 4. The van der Waals surface area contributed by atoms with Gasteiger partial charge in [-0.1, -0.05) is 48.5 Å². The summed E-state index contributed by atoms with van der Waals surface area (Å²) in [5.74, 6) is 0.540. The molecule has 2 N–H and O–H groups in total. The molecule has 6 heteroatoms. The Morgan fingerprint density at radius 2 is 0.788 bits per heavy atom. The van der Waals surface area contributed by atoms with E-state index in [4.69, 9.17) is 0 Å². The van der Waals surface area contributed by atoms with E-state index in [2.05, 4.69) is 43.9 Å². The van der Waals surface area contributed by atoms with Gasteiger partial charge < -0.3 is 29.8 Å². The van der Waals surface area contributed by atoms with Crippen molar-refractivity contribution in [1.29, 1.82) is 0 Å². The van der Waals surface area contributed by atoms with Gasteiger partial charge in [-0.3, -0.25) is 0 Å². The third-order valence-corrected chi connectivity index (χ3v) is 6.34. The molecule has 4 aromatic rings. The maximum absolute atomic E-state index is 10.5. The van der Waals surface area contributed by atoms with Crippen molar-refractivity contribution >= 4 is 34.1 Å². The second-order valence-electron chi connectivity index (χ2n) is 8.31. The SMILES string of the molecule is Oc1ccccc1N1CN(CN2CN(c3ccccc3O)c3ccccc32)c2ccccc21. The number of anilines is 6. The lowest BCUT2D eigenvalue weighted by Gasteiger charge is -2.29. The van der Waals surface area contributed by atoms with Gasteiger partial charge in [-0.15, -0.1) is 0 Å². The Labute approximate surface area is 192 Å². The van der Waals surface area contributed by atoms with Crippen LogP contribution < -0.4 is 19.6 Å². The summed E-state index contributed by atoms with van der Waals surface area (Å²) in [6.45, 7) is 1.93. The van der Waals surface area contributed by atoms with Crippen LogP contribution >= 0.6 is 0 Å². The normalized spacial score (nSPS) is 14.5. The van der Waals surface area contributed by atoms with Crippen LogP contribution in [-0.2, 0) is 0 Å². The van der Waals surface area contributed by atoms with Gasteiger partial charge in [0, 0.05) is 0 Å². The summed E-state index contributed by atoms with van der Waals surface area (Å²) >= 11 is 0. The minimum absolute atomic E-state index is 0.270. The van der Waals surface area contributed by atoms with Crippen LogP contribution in [0.25, 0.3) is 0 Å². The number of para-hydroxylation sites is 8. The quantitative estimate of drug-likeness (QED) is 0.435. The maximum atomic E-state index is 10.5. The predicted octanol–water partition coefficient (Wildman–Crippen LogP) is 5.59. The van der Waals surface area contributed by atoms with Crippen molar-refractivity contribution in [2.45, 2.75) is 0 Å². The van der Waals surface area contributed by atoms with Crippen LogP contribution in [-0.4, -0.2) is 30.2 Å². The molecule has 0 fully saturated rings. The van der Waals surface area contributed by atoms with Gasteiger partial charge >= 0.3 is 0 Å². The van der Waals surface area contributed by atoms with E-state index in [1.807, 2.05) is 60.7 Å². The summed E-state index contributed by atoms with van der Waals surface area (Å²) in [5, 5.41) is 21.0. The topological polar surface area (TPSA) is 53.4 Å². The number of aromatic hydroxyl groups is 2. The van der Waals surface area contributed by atoms with Crippen LogP contribution in [0.2, 0.25) is 0 Å². The summed E-state index contributed by atoms with van der Waals surface area (Å²) in [7, 11) is 0. The molecular formula is C27H24N4O2. The highest BCUT2D eigenvalue weighted by Gasteiger charge is 2.33. The molecule has 0 saturated carbocycles. The average Bonchev–Trinajstić information content (AvgIpc) is 3.39. The monoisotopic (exact) mass is 436 g/mol. The fourth-order valence-corrected chi connectivity index (χ4v) is 4.81. The molecular weight excluding hydrogens is 412 g/mol. The molecule has 0 saturated heterocycles. The minimum atomic E-state index is 0.270. The number of phenols is 2. The third kappa shape index (κ3) is 3.19. The predicted molar refractivity (Wildman–Crippen MR) is 133 cm³/mol. The third-order valence-electron chi connectivity index (χ3n) is 6.34. The molecule has 0 aromatic heterocycles. The van der Waals surface area contributed by atoms with E-state index in [-0.39, 0.29) is 11.5 Å². The highest BCUT2D eigenvalue weighted by atomic mass is 16.3. The molecule has 0 aliphatic carbocycles. The van der Waals surface area contributed by atoms with Gasteiger partial charge in [-0.05, 0) is 48.5 Å². The summed E-state index contributed by atoms with van der Waals surface area (Å²) in [6, 6.07) is 31.5. The van der Waals surface area contributed by atoms with Gasteiger partial charge in [-0.2, -0.15) is 0 Å². The summed E-state index contributed by atoms with van der Waals surface area (Å²) in [5.41, 5.74) is 5.99. The van der Waals surface area contributed by atoms with Crippen LogP contribution in [0.5, 0.6) is 11.5 Å². The second kappa shape index (κ2) is 7.67. The van der Waals surface area contributed by atoms with Crippen LogP contribution in [0.15, 0.2) is 97.1 Å². The number of fused-ring (bicyclic) bond motifs is 2. The van der Waals surface area contributed by atoms with Crippen molar-refractivity contribution in [3.63, 3.8) is 0 Å². The molecule has 33 heavy (non-hydrogen) atoms. The Bertz CT molecular complexity index is 1220. The minimum Gasteiger partial charge on any atom is -0.506 e. The van der Waals surface area contributed by atoms with E-state index < -0.39 is 0 Å². The van der Waals surface area contributed by atoms with E-state index >= 15 is 0 Å². The Morgan fingerprint density at radius 3 is 1.18 bits per heavy atom. The van der Waals surface area contributed by atoms with Crippen LogP contribution in [0, 0.1) is 0 Å². The van der Waals surface area contributed by atoms with Crippen LogP contribution in [0.3, 0.4) is 0 Å². The number of hydrogen-bond acceptors (Lipinski definition) is 6. The average molecular weight is 437 g/mol. The first-order valence-electron chi connectivity index (χ1n) is 11.0. The van der Waals surface area contributed by atoms with Crippen molar-refractivity contribution in [3.8, 4) is 11.5 Å². The van der Waals surface area contributed by atoms with Crippen molar-refractivity contribution in [2.24, 2.45) is 0 Å². The molecule has 0 spiro atoms. The van der Waals surface area contributed by atoms with Crippen molar-refractivity contribution in [1.82, 2.24) is 0 Å². The molecule has 0 atom stereocenters. The highest BCUT2D eigenvalue weighted by molar-refractivity contribution is 5.87. The van der Waals surface area contributed by atoms with E-state index in [1.54, 1.807) is 12.1 Å². The largest absolute Gasteiger partial charge is 0.506 e. The zero-order valence-electron chi connectivity index (χ0n) is 18.0. The first-order valence-corrected chi connectivity index (χ1v) is 11.0. The van der Waals surface area contributed by atoms with E-state index in [1.165, 1.54) is 0 Å². The molecule has 0 bridgehead atoms. The number of rotatable bonds is 4. The maximum Gasteiger partial charge on any atom is 0.139 e. The second-order valence-corrected chi connectivity index (χ2v) is 8.31. The molecule has 2 aliphatic heterocycles. The summed E-state index contributed by atoms with van der Waals surface area (Å²) in [4.78, 5) is 8.92. The lowest BCUT2D eigenvalue weighted by molar-refractivity contribution is 0.475. The fourth-order valence-electron chi connectivity index (χ4n) is 4.81. The van der Waals surface area contributed by atoms with E-state index in [0.717, 1.165) is 34.1 Å². The van der Waals surface area contributed by atoms with Gasteiger partial charge in [-0.25, -0.2) is 0 Å². The lowest BCUT2D eigenvalue weighted by atomic mass is 10.2.